The monoisotopic (exact) mass is 491 g/mol. The normalized spacial score (nSPS) is 15.1. The van der Waals surface area contributed by atoms with E-state index in [-0.39, 0.29) is 10.8 Å². The molecule has 3 N–H and O–H groups in total. The summed E-state index contributed by atoms with van der Waals surface area (Å²) in [6.07, 6.45) is 8.39. The maximum absolute atomic E-state index is 12.4. The fourth-order valence-corrected chi connectivity index (χ4v) is 7.59. The Bertz CT molecular complexity index is 1630. The minimum atomic E-state index is -0.889. The van der Waals surface area contributed by atoms with Gasteiger partial charge in [0.25, 0.3) is 9.77 Å². The molecule has 1 unspecified atom stereocenters. The maximum atomic E-state index is 12.4. The summed E-state index contributed by atoms with van der Waals surface area (Å²) >= 11 is 0.578. The van der Waals surface area contributed by atoms with Crippen molar-refractivity contribution in [2.24, 2.45) is 14.1 Å². The minimum Gasteiger partial charge on any atom is -0.393 e. The number of nitrogen functional groups attached to an aromatic ring is 1. The zero-order valence-electron chi connectivity index (χ0n) is 18.7. The Morgan fingerprint density at radius 3 is 2.76 bits per heavy atom. The highest BCUT2D eigenvalue weighted by Crippen LogP contribution is 2.45. The molecule has 8 nitrogen and oxygen atoms in total. The molecule has 1 fully saturated rings. The molecule has 0 spiro atoms. The van der Waals surface area contributed by atoms with E-state index in [0.29, 0.717) is 11.2 Å². The smallest absolute Gasteiger partial charge is 0.276 e. The molecule has 0 aromatic carbocycles. The van der Waals surface area contributed by atoms with Gasteiger partial charge >= 0.3 is 0 Å². The van der Waals surface area contributed by atoms with Crippen molar-refractivity contribution in [3.8, 4) is 22.5 Å². The van der Waals surface area contributed by atoms with E-state index >= 15 is 0 Å². The molecule has 0 saturated heterocycles. The average molecular weight is 492 g/mol. The van der Waals surface area contributed by atoms with Crippen molar-refractivity contribution in [3.63, 3.8) is 0 Å². The van der Waals surface area contributed by atoms with Gasteiger partial charge in [0.05, 0.1) is 11.4 Å². The number of hydrogen-bond donors (Lipinski definition) is 2. The van der Waals surface area contributed by atoms with Gasteiger partial charge in [-0.05, 0) is 43.5 Å². The van der Waals surface area contributed by atoms with E-state index in [9.17, 15) is 9.35 Å². The van der Waals surface area contributed by atoms with E-state index in [2.05, 4.69) is 10.1 Å². The number of thiophene rings is 1. The second-order valence-corrected chi connectivity index (χ2v) is 11.6. The summed E-state index contributed by atoms with van der Waals surface area (Å²) < 4.78 is 15.2. The van der Waals surface area contributed by atoms with E-state index in [1.807, 2.05) is 36.0 Å². The lowest BCUT2D eigenvalue weighted by atomic mass is 10.00. The van der Waals surface area contributed by atoms with Gasteiger partial charge in [-0.3, -0.25) is 9.48 Å². The van der Waals surface area contributed by atoms with Crippen molar-refractivity contribution >= 4 is 49.3 Å². The number of aromatic nitrogens is 5. The van der Waals surface area contributed by atoms with Crippen LogP contribution < -0.4 is 11.3 Å². The molecule has 6 rings (SSSR count). The first-order chi connectivity index (χ1) is 16.4. The van der Waals surface area contributed by atoms with Crippen molar-refractivity contribution in [2.45, 2.75) is 28.7 Å². The fraction of sp³-hybridized carbons (Fsp3) is 0.250. The van der Waals surface area contributed by atoms with Crippen LogP contribution >= 0.6 is 11.3 Å². The zero-order valence-corrected chi connectivity index (χ0v) is 20.4. The molecule has 34 heavy (non-hydrogen) atoms. The molecule has 5 aromatic rings. The Hall–Kier alpha value is -3.21. The molecular weight excluding hydrogens is 468 g/mol. The fourth-order valence-electron chi connectivity index (χ4n) is 4.34. The van der Waals surface area contributed by atoms with E-state index < -0.39 is 11.2 Å². The van der Waals surface area contributed by atoms with Crippen molar-refractivity contribution in [3.05, 3.63) is 53.2 Å². The molecular formula is C24H23N6O2S2+. The van der Waals surface area contributed by atoms with Crippen LogP contribution in [-0.2, 0) is 25.3 Å². The number of pyridine rings is 3. The first-order valence-electron chi connectivity index (χ1n) is 11.0. The van der Waals surface area contributed by atoms with Crippen molar-refractivity contribution in [1.29, 1.82) is 0 Å². The van der Waals surface area contributed by atoms with E-state index in [1.54, 1.807) is 25.6 Å². The molecule has 0 amide bonds. The van der Waals surface area contributed by atoms with Gasteiger partial charge in [-0.25, -0.2) is 9.97 Å². The summed E-state index contributed by atoms with van der Waals surface area (Å²) in [6, 6.07) is 7.76. The number of fused-ring (bicyclic) bond motifs is 2. The first-order valence-corrected chi connectivity index (χ1v) is 13.1. The number of hydrogen-bond acceptors (Lipinski definition) is 7. The predicted octanol–water partition coefficient (Wildman–Crippen LogP) is 4.20. The predicted molar refractivity (Wildman–Crippen MR) is 138 cm³/mol. The van der Waals surface area contributed by atoms with Gasteiger partial charge in [-0.1, -0.05) is 11.3 Å². The van der Waals surface area contributed by atoms with Gasteiger partial charge in [0, 0.05) is 54.6 Å². The summed E-state index contributed by atoms with van der Waals surface area (Å²) in [4.78, 5) is 22.6. The maximum Gasteiger partial charge on any atom is 0.276 e. The summed E-state index contributed by atoms with van der Waals surface area (Å²) in [7, 11) is 3.60. The molecule has 172 valence electrons. The third kappa shape index (κ3) is 3.24. The van der Waals surface area contributed by atoms with Crippen molar-refractivity contribution < 1.29 is 4.55 Å². The van der Waals surface area contributed by atoms with Gasteiger partial charge in [0.15, 0.2) is 16.4 Å². The van der Waals surface area contributed by atoms with Crippen LogP contribution in [0.5, 0.6) is 0 Å². The first kappa shape index (κ1) is 21.3. The lowest BCUT2D eigenvalue weighted by molar-refractivity contribution is 0.487. The highest BCUT2D eigenvalue weighted by Gasteiger charge is 2.41. The molecule has 1 aliphatic rings. The van der Waals surface area contributed by atoms with Crippen LogP contribution in [0.3, 0.4) is 0 Å². The van der Waals surface area contributed by atoms with Crippen molar-refractivity contribution in [2.75, 3.05) is 5.73 Å². The summed E-state index contributed by atoms with van der Waals surface area (Å²) in [5.74, 6) is 0. The van der Waals surface area contributed by atoms with Gasteiger partial charge in [0.2, 0.25) is 0 Å². The zero-order chi connectivity index (χ0) is 23.6. The standard InChI is InChI=1S/C24H23N6O2S2/c1-29-9-7-13-10-14(12-26-21(13)23(29)31)17-11-16(18-6-8-27-30(18)2)19-20(25)24(33-22(19)28-17)34(32)15-4-3-5-15/h6-12,15,32H,3-5,25H2,1-2H3/q+1. The second-order valence-electron chi connectivity index (χ2n) is 8.64. The van der Waals surface area contributed by atoms with Crippen molar-refractivity contribution in [1.82, 2.24) is 24.3 Å². The largest absolute Gasteiger partial charge is 0.393 e. The van der Waals surface area contributed by atoms with Crippen LogP contribution in [0.1, 0.15) is 19.3 Å². The van der Waals surface area contributed by atoms with Crippen LogP contribution in [0.25, 0.3) is 43.6 Å². The average Bonchev–Trinajstić information content (AvgIpc) is 3.37. The topological polar surface area (TPSA) is 112 Å². The Kier molecular flexibility index (Phi) is 4.98. The molecule has 5 heterocycles. The minimum absolute atomic E-state index is 0.135. The van der Waals surface area contributed by atoms with Gasteiger partial charge in [-0.15, -0.1) is 0 Å². The highest BCUT2D eigenvalue weighted by atomic mass is 32.2. The third-order valence-corrected chi connectivity index (χ3v) is 9.89. The van der Waals surface area contributed by atoms with Crippen LogP contribution in [0, 0.1) is 0 Å². The van der Waals surface area contributed by atoms with E-state index in [0.717, 1.165) is 61.6 Å². The lowest BCUT2D eigenvalue weighted by Gasteiger charge is -2.19. The van der Waals surface area contributed by atoms with Crippen LogP contribution in [0.2, 0.25) is 0 Å². The summed E-state index contributed by atoms with van der Waals surface area (Å²) in [5, 5.41) is 6.23. The second kappa shape index (κ2) is 7.93. The van der Waals surface area contributed by atoms with Gasteiger partial charge in [-0.2, -0.15) is 9.65 Å². The Morgan fingerprint density at radius 1 is 1.24 bits per heavy atom. The molecule has 0 aliphatic heterocycles. The Balaban J connectivity index is 1.58. The van der Waals surface area contributed by atoms with Crippen LogP contribution in [0.4, 0.5) is 5.69 Å². The number of nitrogens with zero attached hydrogens (tertiary/aromatic N) is 5. The van der Waals surface area contributed by atoms with Crippen LogP contribution in [0.15, 0.2) is 51.9 Å². The Morgan fingerprint density at radius 2 is 2.06 bits per heavy atom. The van der Waals surface area contributed by atoms with Crippen LogP contribution in [-0.4, -0.2) is 34.1 Å². The SMILES string of the molecule is Cn1nccc1-c1cc(-c2cnc3c(=O)n(C)ccc3c2)nc2sc([S+](O)C3CCC3)c(N)c12. The summed E-state index contributed by atoms with van der Waals surface area (Å²) in [5.41, 5.74) is 10.9. The van der Waals surface area contributed by atoms with Gasteiger partial charge in [0.1, 0.15) is 16.0 Å². The highest BCUT2D eigenvalue weighted by molar-refractivity contribution is 7.94. The molecule has 1 saturated carbocycles. The quantitative estimate of drug-likeness (QED) is 0.365. The van der Waals surface area contributed by atoms with E-state index in [1.165, 1.54) is 15.9 Å². The van der Waals surface area contributed by atoms with Gasteiger partial charge < -0.3 is 10.3 Å². The molecule has 5 aromatic heterocycles. The number of nitrogens with two attached hydrogens (primary N) is 1. The number of rotatable bonds is 4. The number of aryl methyl sites for hydroxylation is 2. The third-order valence-electron chi connectivity index (χ3n) is 6.53. The molecule has 1 atom stereocenters. The lowest BCUT2D eigenvalue weighted by Crippen LogP contribution is -2.28. The molecule has 0 radical (unpaired) electrons. The number of anilines is 1. The Labute approximate surface area is 202 Å². The molecule has 10 heteroatoms. The summed E-state index contributed by atoms with van der Waals surface area (Å²) in [6.45, 7) is 0. The molecule has 1 aliphatic carbocycles. The van der Waals surface area contributed by atoms with E-state index in [4.69, 9.17) is 10.7 Å². The molecule has 0 bridgehead atoms.